The summed E-state index contributed by atoms with van der Waals surface area (Å²) in [6, 6.07) is 5.93. The van der Waals surface area contributed by atoms with Gasteiger partial charge >= 0.3 is 0 Å². The molecule has 0 radical (unpaired) electrons. The first-order valence-electron chi connectivity index (χ1n) is 5.40. The maximum atomic E-state index is 5.82. The lowest BCUT2D eigenvalue weighted by Gasteiger charge is -2.11. The summed E-state index contributed by atoms with van der Waals surface area (Å²) in [6.07, 6.45) is 5.51. The predicted octanol–water partition coefficient (Wildman–Crippen LogP) is 3.49. The molecule has 1 aliphatic carbocycles. The van der Waals surface area contributed by atoms with E-state index in [1.165, 1.54) is 25.7 Å². The highest BCUT2D eigenvalue weighted by molar-refractivity contribution is 9.10. The molecule has 1 aliphatic rings. The molecule has 2 nitrogen and oxygen atoms in total. The zero-order valence-electron chi connectivity index (χ0n) is 8.71. The van der Waals surface area contributed by atoms with Crippen LogP contribution in [0.5, 0.6) is 0 Å². The lowest BCUT2D eigenvalue weighted by molar-refractivity contribution is 0.0457. The van der Waals surface area contributed by atoms with E-state index in [2.05, 4.69) is 22.0 Å². The van der Waals surface area contributed by atoms with Crippen molar-refractivity contribution in [3.8, 4) is 0 Å². The highest BCUT2D eigenvalue weighted by atomic mass is 79.9. The zero-order valence-corrected chi connectivity index (χ0v) is 10.3. The summed E-state index contributed by atoms with van der Waals surface area (Å²) in [7, 11) is 0. The van der Waals surface area contributed by atoms with Crippen LogP contribution >= 0.6 is 15.9 Å². The molecule has 1 aromatic rings. The molecule has 0 amide bonds. The van der Waals surface area contributed by atoms with E-state index < -0.39 is 0 Å². The van der Waals surface area contributed by atoms with Crippen LogP contribution in [0.3, 0.4) is 0 Å². The standard InChI is InChI=1S/C12H16BrNO/c13-10-5-9(6-11(14)7-10)8-15-12-3-1-2-4-12/h5-7,12H,1-4,8,14H2. The Labute approximate surface area is 98.9 Å². The van der Waals surface area contributed by atoms with Crippen molar-refractivity contribution in [1.82, 2.24) is 0 Å². The Morgan fingerprint density at radius 2 is 2.00 bits per heavy atom. The van der Waals surface area contributed by atoms with Crippen LogP contribution in [0.15, 0.2) is 22.7 Å². The number of benzene rings is 1. The second-order valence-electron chi connectivity index (χ2n) is 4.11. The summed E-state index contributed by atoms with van der Waals surface area (Å²) in [5, 5.41) is 0. The summed E-state index contributed by atoms with van der Waals surface area (Å²) in [6.45, 7) is 0.675. The normalized spacial score (nSPS) is 17.1. The number of hydrogen-bond acceptors (Lipinski definition) is 2. The lowest BCUT2D eigenvalue weighted by Crippen LogP contribution is -2.07. The highest BCUT2D eigenvalue weighted by Crippen LogP contribution is 2.23. The molecule has 0 bridgehead atoms. The Kier molecular flexibility index (Phi) is 3.65. The summed E-state index contributed by atoms with van der Waals surface area (Å²) in [5.41, 5.74) is 7.69. The Balaban J connectivity index is 1.92. The molecule has 82 valence electrons. The average molecular weight is 270 g/mol. The quantitative estimate of drug-likeness (QED) is 0.853. The third kappa shape index (κ3) is 3.21. The molecule has 1 saturated carbocycles. The van der Waals surface area contributed by atoms with Gasteiger partial charge in [0.25, 0.3) is 0 Å². The van der Waals surface area contributed by atoms with Gasteiger partial charge in [-0.05, 0) is 36.6 Å². The zero-order chi connectivity index (χ0) is 10.7. The number of rotatable bonds is 3. The minimum atomic E-state index is 0.463. The van der Waals surface area contributed by atoms with Gasteiger partial charge < -0.3 is 10.5 Å². The summed E-state index contributed by atoms with van der Waals surface area (Å²) >= 11 is 3.43. The van der Waals surface area contributed by atoms with Crippen LogP contribution in [0.1, 0.15) is 31.2 Å². The molecule has 0 unspecified atom stereocenters. The van der Waals surface area contributed by atoms with Crippen molar-refractivity contribution in [2.24, 2.45) is 0 Å². The van der Waals surface area contributed by atoms with E-state index in [-0.39, 0.29) is 0 Å². The Hall–Kier alpha value is -0.540. The van der Waals surface area contributed by atoms with Gasteiger partial charge in [0.2, 0.25) is 0 Å². The molecular weight excluding hydrogens is 254 g/mol. The summed E-state index contributed by atoms with van der Waals surface area (Å²) in [4.78, 5) is 0. The number of nitrogen functional groups attached to an aromatic ring is 1. The van der Waals surface area contributed by atoms with Gasteiger partial charge in [-0.2, -0.15) is 0 Å². The molecule has 1 fully saturated rings. The maximum absolute atomic E-state index is 5.82. The number of nitrogens with two attached hydrogens (primary N) is 1. The van der Waals surface area contributed by atoms with Gasteiger partial charge in [0.1, 0.15) is 0 Å². The van der Waals surface area contributed by atoms with E-state index in [4.69, 9.17) is 10.5 Å². The monoisotopic (exact) mass is 269 g/mol. The molecule has 1 aromatic carbocycles. The van der Waals surface area contributed by atoms with Crippen molar-refractivity contribution in [2.45, 2.75) is 38.4 Å². The van der Waals surface area contributed by atoms with Crippen molar-refractivity contribution in [3.05, 3.63) is 28.2 Å². The van der Waals surface area contributed by atoms with Crippen molar-refractivity contribution in [3.63, 3.8) is 0 Å². The first-order valence-corrected chi connectivity index (χ1v) is 6.20. The van der Waals surface area contributed by atoms with Crippen LogP contribution in [0.2, 0.25) is 0 Å². The van der Waals surface area contributed by atoms with Gasteiger partial charge in [-0.15, -0.1) is 0 Å². The SMILES string of the molecule is Nc1cc(Br)cc(COC2CCCC2)c1. The molecule has 0 heterocycles. The number of halogens is 1. The molecule has 2 rings (SSSR count). The van der Waals surface area contributed by atoms with E-state index in [1.54, 1.807) is 0 Å². The molecule has 2 N–H and O–H groups in total. The second-order valence-corrected chi connectivity index (χ2v) is 5.03. The second kappa shape index (κ2) is 4.99. The number of hydrogen-bond donors (Lipinski definition) is 1. The van der Waals surface area contributed by atoms with Crippen molar-refractivity contribution in [2.75, 3.05) is 5.73 Å². The Morgan fingerprint density at radius 1 is 1.27 bits per heavy atom. The first-order chi connectivity index (χ1) is 7.24. The molecule has 0 spiro atoms. The number of ether oxygens (including phenoxy) is 1. The van der Waals surface area contributed by atoms with Gasteiger partial charge in [-0.3, -0.25) is 0 Å². The molecule has 15 heavy (non-hydrogen) atoms. The van der Waals surface area contributed by atoms with E-state index in [0.717, 1.165) is 15.7 Å². The number of anilines is 1. The topological polar surface area (TPSA) is 35.2 Å². The van der Waals surface area contributed by atoms with Gasteiger partial charge in [0, 0.05) is 10.2 Å². The third-order valence-electron chi connectivity index (χ3n) is 2.77. The third-order valence-corrected chi connectivity index (χ3v) is 3.23. The molecule has 0 saturated heterocycles. The van der Waals surface area contributed by atoms with Gasteiger partial charge in [-0.25, -0.2) is 0 Å². The van der Waals surface area contributed by atoms with E-state index in [1.807, 2.05) is 12.1 Å². The predicted molar refractivity (Wildman–Crippen MR) is 65.6 cm³/mol. The average Bonchev–Trinajstić information content (AvgIpc) is 2.65. The van der Waals surface area contributed by atoms with Crippen LogP contribution in [-0.4, -0.2) is 6.10 Å². The fourth-order valence-corrected chi connectivity index (χ4v) is 2.59. The minimum Gasteiger partial charge on any atom is -0.399 e. The van der Waals surface area contributed by atoms with Crippen molar-refractivity contribution >= 4 is 21.6 Å². The van der Waals surface area contributed by atoms with Gasteiger partial charge in [-0.1, -0.05) is 28.8 Å². The van der Waals surface area contributed by atoms with E-state index in [9.17, 15) is 0 Å². The van der Waals surface area contributed by atoms with Crippen LogP contribution in [0.4, 0.5) is 5.69 Å². The molecule has 0 atom stereocenters. The molecular formula is C12H16BrNO. The summed E-state index contributed by atoms with van der Waals surface area (Å²) < 4.78 is 6.84. The molecule has 0 aromatic heterocycles. The first kappa shape index (κ1) is 11.0. The fraction of sp³-hybridized carbons (Fsp3) is 0.500. The van der Waals surface area contributed by atoms with Gasteiger partial charge in [0.15, 0.2) is 0 Å². The van der Waals surface area contributed by atoms with E-state index in [0.29, 0.717) is 12.7 Å². The van der Waals surface area contributed by atoms with Crippen LogP contribution in [0, 0.1) is 0 Å². The Bertz CT molecular complexity index is 314. The van der Waals surface area contributed by atoms with Crippen LogP contribution in [0.25, 0.3) is 0 Å². The largest absolute Gasteiger partial charge is 0.399 e. The molecule has 3 heteroatoms. The Morgan fingerprint density at radius 3 is 2.67 bits per heavy atom. The smallest absolute Gasteiger partial charge is 0.0721 e. The molecule has 0 aliphatic heterocycles. The van der Waals surface area contributed by atoms with E-state index >= 15 is 0 Å². The maximum Gasteiger partial charge on any atom is 0.0721 e. The van der Waals surface area contributed by atoms with Gasteiger partial charge in [0.05, 0.1) is 12.7 Å². The van der Waals surface area contributed by atoms with Crippen LogP contribution < -0.4 is 5.73 Å². The summed E-state index contributed by atoms with van der Waals surface area (Å²) in [5.74, 6) is 0. The fourth-order valence-electron chi connectivity index (χ4n) is 2.03. The highest BCUT2D eigenvalue weighted by Gasteiger charge is 2.15. The van der Waals surface area contributed by atoms with Crippen molar-refractivity contribution in [1.29, 1.82) is 0 Å². The van der Waals surface area contributed by atoms with Crippen molar-refractivity contribution < 1.29 is 4.74 Å². The minimum absolute atomic E-state index is 0.463. The van der Waals surface area contributed by atoms with Crippen LogP contribution in [-0.2, 0) is 11.3 Å². The lowest BCUT2D eigenvalue weighted by atomic mass is 10.2.